The maximum absolute atomic E-state index is 12.3. The van der Waals surface area contributed by atoms with Gasteiger partial charge in [0.2, 0.25) is 0 Å². The summed E-state index contributed by atoms with van der Waals surface area (Å²) >= 11 is 0. The first kappa shape index (κ1) is 41.3. The highest BCUT2D eigenvalue weighted by molar-refractivity contribution is 5.86. The van der Waals surface area contributed by atoms with Crippen LogP contribution in [0, 0.1) is 0 Å². The third-order valence-corrected chi connectivity index (χ3v) is 8.43. The molecule has 6 aromatic carbocycles. The number of alkyl halides is 3. The number of rotatable bonds is 14. The second-order valence-corrected chi connectivity index (χ2v) is 12.4. The maximum Gasteiger partial charge on any atom is 0.573 e. The van der Waals surface area contributed by atoms with Crippen LogP contribution in [0.5, 0.6) is 17.2 Å². The van der Waals surface area contributed by atoms with Gasteiger partial charge >= 0.3 is 6.36 Å². The van der Waals surface area contributed by atoms with Crippen molar-refractivity contribution in [2.75, 3.05) is 6.61 Å². The van der Waals surface area contributed by atoms with Crippen LogP contribution in [0.4, 0.5) is 13.2 Å². The molecule has 0 spiro atoms. The van der Waals surface area contributed by atoms with Gasteiger partial charge in [-0.15, -0.1) is 13.2 Å². The lowest BCUT2D eigenvalue weighted by Gasteiger charge is -2.16. The van der Waals surface area contributed by atoms with E-state index in [-0.39, 0.29) is 12.4 Å². The van der Waals surface area contributed by atoms with Crippen LogP contribution in [0.3, 0.4) is 0 Å². The predicted octanol–water partition coefficient (Wildman–Crippen LogP) is 9.22. The summed E-state index contributed by atoms with van der Waals surface area (Å²) in [7, 11) is 0. The summed E-state index contributed by atoms with van der Waals surface area (Å²) in [5.41, 5.74) is 8.00. The fourth-order valence-corrected chi connectivity index (χ4v) is 5.82. The summed E-state index contributed by atoms with van der Waals surface area (Å²) in [4.78, 5) is 24.3. The van der Waals surface area contributed by atoms with Crippen molar-refractivity contribution in [1.82, 2.24) is 11.0 Å². The fourth-order valence-electron chi connectivity index (χ4n) is 5.82. The molecule has 2 atom stereocenters. The molecule has 57 heavy (non-hydrogen) atoms. The van der Waals surface area contributed by atoms with Gasteiger partial charge in [-0.3, -0.25) is 20.0 Å². The quantitative estimate of drug-likeness (QED) is 0.0642. The minimum absolute atomic E-state index is 0.0354. The van der Waals surface area contributed by atoms with Gasteiger partial charge in [-0.25, -0.2) is 11.0 Å². The van der Waals surface area contributed by atoms with E-state index in [2.05, 4.69) is 4.74 Å². The highest BCUT2D eigenvalue weighted by atomic mass is 19.4. The lowest BCUT2D eigenvalue weighted by molar-refractivity contribution is -0.274. The number of hydroxylamine groups is 2. The van der Waals surface area contributed by atoms with E-state index in [1.54, 1.807) is 65.6 Å². The van der Waals surface area contributed by atoms with Crippen molar-refractivity contribution < 1.29 is 47.4 Å². The number of hydrogen-bond acceptors (Lipinski definition) is 7. The molecule has 0 bridgehead atoms. The van der Waals surface area contributed by atoms with Gasteiger partial charge in [0.15, 0.2) is 0 Å². The standard InChI is InChI=1S/C23H21NO3.C22H18F3NO4/c25-23(24-26)22(19-11-5-2-6-12-19)20-13-15-21(16-14-20)27-17-7-10-18-8-3-1-4-9-18;23-22(24,25)30-19-8-4-5-15(13-19)14-29-18-11-9-17(10-12-18)20(21(27)26-28)16-6-2-1-3-7-16/h1-16,22,26H,17H2,(H,24,25);1-13,20,28H,14H2,(H,26,27)/b10-7+;. The second kappa shape index (κ2) is 20.7. The minimum atomic E-state index is -4.76. The molecular formula is C45H39F3N2O7. The Kier molecular flexibility index (Phi) is 15.0. The van der Waals surface area contributed by atoms with Crippen LogP contribution in [0.2, 0.25) is 0 Å². The summed E-state index contributed by atoms with van der Waals surface area (Å²) in [6.45, 7) is 0.487. The van der Waals surface area contributed by atoms with Gasteiger partial charge in [0.05, 0.1) is 11.8 Å². The van der Waals surface area contributed by atoms with Crippen molar-refractivity contribution in [2.45, 2.75) is 24.8 Å². The molecule has 0 fully saturated rings. The summed E-state index contributed by atoms with van der Waals surface area (Å²) in [5, 5.41) is 18.2. The lowest BCUT2D eigenvalue weighted by atomic mass is 9.91. The topological polar surface area (TPSA) is 126 Å². The number of nitrogens with one attached hydrogen (secondary N) is 2. The van der Waals surface area contributed by atoms with E-state index in [4.69, 9.17) is 19.9 Å². The molecule has 0 aliphatic carbocycles. The van der Waals surface area contributed by atoms with Gasteiger partial charge in [-0.05, 0) is 75.9 Å². The van der Waals surface area contributed by atoms with E-state index >= 15 is 0 Å². The molecule has 0 heterocycles. The summed E-state index contributed by atoms with van der Waals surface area (Å²) in [5.74, 6) is -1.47. The van der Waals surface area contributed by atoms with Crippen LogP contribution >= 0.6 is 0 Å². The molecule has 6 aromatic rings. The van der Waals surface area contributed by atoms with Crippen molar-refractivity contribution in [3.63, 3.8) is 0 Å². The van der Waals surface area contributed by atoms with Crippen LogP contribution in [0.15, 0.2) is 170 Å². The second-order valence-electron chi connectivity index (χ2n) is 12.4. The molecule has 0 saturated heterocycles. The van der Waals surface area contributed by atoms with Crippen molar-refractivity contribution in [2.24, 2.45) is 0 Å². The van der Waals surface area contributed by atoms with Gasteiger partial charge < -0.3 is 14.2 Å². The Morgan fingerprint density at radius 2 is 1.02 bits per heavy atom. The smallest absolute Gasteiger partial charge is 0.490 e. The molecule has 0 radical (unpaired) electrons. The molecule has 2 unspecified atom stereocenters. The van der Waals surface area contributed by atoms with Gasteiger partial charge in [0, 0.05) is 0 Å². The highest BCUT2D eigenvalue weighted by Gasteiger charge is 2.31. The summed E-state index contributed by atoms with van der Waals surface area (Å²) in [6, 6.07) is 47.8. The average Bonchev–Trinajstić information content (AvgIpc) is 3.23. The molecule has 292 valence electrons. The van der Waals surface area contributed by atoms with E-state index in [0.29, 0.717) is 34.8 Å². The van der Waals surface area contributed by atoms with Crippen LogP contribution in [-0.4, -0.2) is 35.2 Å². The van der Waals surface area contributed by atoms with Crippen molar-refractivity contribution >= 4 is 17.9 Å². The number of carbonyl (C=O) groups is 2. The number of hydrogen-bond donors (Lipinski definition) is 4. The minimum Gasteiger partial charge on any atom is -0.490 e. The number of amides is 2. The first-order chi connectivity index (χ1) is 27.6. The van der Waals surface area contributed by atoms with Gasteiger partial charge in [0.25, 0.3) is 11.8 Å². The Balaban J connectivity index is 0.000000219. The maximum atomic E-state index is 12.3. The zero-order valence-corrected chi connectivity index (χ0v) is 30.4. The third kappa shape index (κ3) is 12.8. The number of carbonyl (C=O) groups excluding carboxylic acids is 2. The molecule has 9 nitrogen and oxygen atoms in total. The Labute approximate surface area is 327 Å². The lowest BCUT2D eigenvalue weighted by Crippen LogP contribution is -2.27. The molecule has 4 N–H and O–H groups in total. The Morgan fingerprint density at radius 3 is 1.49 bits per heavy atom. The average molecular weight is 777 g/mol. The molecule has 0 aromatic heterocycles. The van der Waals surface area contributed by atoms with Crippen LogP contribution in [0.1, 0.15) is 45.2 Å². The van der Waals surface area contributed by atoms with E-state index in [0.717, 1.165) is 16.7 Å². The van der Waals surface area contributed by atoms with Crippen molar-refractivity contribution in [3.8, 4) is 17.2 Å². The fraction of sp³-hybridized carbons (Fsp3) is 0.111. The first-order valence-electron chi connectivity index (χ1n) is 17.6. The highest BCUT2D eigenvalue weighted by Crippen LogP contribution is 2.29. The van der Waals surface area contributed by atoms with E-state index < -0.39 is 30.0 Å². The van der Waals surface area contributed by atoms with Crippen molar-refractivity contribution in [1.29, 1.82) is 0 Å². The number of halogens is 3. The van der Waals surface area contributed by atoms with Gasteiger partial charge in [-0.2, -0.15) is 0 Å². The Bertz CT molecular complexity index is 2170. The summed E-state index contributed by atoms with van der Waals surface area (Å²) in [6.07, 6.45) is -0.800. The molecule has 2 amide bonds. The molecule has 0 aliphatic heterocycles. The monoisotopic (exact) mass is 776 g/mol. The first-order valence-corrected chi connectivity index (χ1v) is 17.6. The van der Waals surface area contributed by atoms with Gasteiger partial charge in [-0.1, -0.05) is 133 Å². The zero-order chi connectivity index (χ0) is 40.5. The molecule has 6 rings (SSSR count). The third-order valence-electron chi connectivity index (χ3n) is 8.43. The van der Waals surface area contributed by atoms with E-state index in [1.165, 1.54) is 18.2 Å². The zero-order valence-electron chi connectivity index (χ0n) is 30.4. The van der Waals surface area contributed by atoms with Gasteiger partial charge in [0.1, 0.15) is 30.5 Å². The van der Waals surface area contributed by atoms with Crippen LogP contribution in [-0.2, 0) is 16.2 Å². The van der Waals surface area contributed by atoms with E-state index in [9.17, 15) is 22.8 Å². The van der Waals surface area contributed by atoms with Crippen LogP contribution < -0.4 is 25.2 Å². The molecule has 12 heteroatoms. The SMILES string of the molecule is O=C(NO)C(c1ccccc1)c1ccc(OC/C=C/c2ccccc2)cc1.O=C(NO)C(c1ccccc1)c1ccc(OCc2cccc(OC(F)(F)F)c2)cc1. The number of benzene rings is 6. The Hall–Kier alpha value is -6.89. The van der Waals surface area contributed by atoms with E-state index in [1.807, 2.05) is 103 Å². The Morgan fingerprint density at radius 1 is 0.561 bits per heavy atom. The summed E-state index contributed by atoms with van der Waals surface area (Å²) < 4.78 is 52.2. The van der Waals surface area contributed by atoms with Crippen LogP contribution in [0.25, 0.3) is 6.08 Å². The predicted molar refractivity (Wildman–Crippen MR) is 208 cm³/mol. The number of ether oxygens (including phenoxy) is 3. The molecule has 0 saturated carbocycles. The van der Waals surface area contributed by atoms with Crippen molar-refractivity contribution in [3.05, 3.63) is 203 Å². The largest absolute Gasteiger partial charge is 0.573 e. The normalized spacial score (nSPS) is 12.0. The molecular weight excluding hydrogens is 737 g/mol. The molecule has 0 aliphatic rings.